The lowest BCUT2D eigenvalue weighted by molar-refractivity contribution is -0.115. The van der Waals surface area contributed by atoms with Gasteiger partial charge in [-0.15, -0.1) is 10.2 Å². The minimum Gasteiger partial charge on any atom is -0.335 e. The Balaban J connectivity index is 1.70. The Morgan fingerprint density at radius 1 is 1.19 bits per heavy atom. The molecule has 3 aromatic rings. The summed E-state index contributed by atoms with van der Waals surface area (Å²) < 4.78 is 27.9. The predicted octanol–water partition coefficient (Wildman–Crippen LogP) is 3.36. The number of rotatable bonds is 5. The molecule has 0 fully saturated rings. The van der Waals surface area contributed by atoms with Crippen LogP contribution in [0.25, 0.3) is 11.4 Å². The summed E-state index contributed by atoms with van der Waals surface area (Å²) >= 11 is 1.11. The second-order valence-corrected chi connectivity index (χ2v) is 7.20. The van der Waals surface area contributed by atoms with Crippen LogP contribution < -0.4 is 11.2 Å². The molecule has 0 spiro atoms. The number of carbonyl (C=O) groups excluding carboxylic acids is 1. The molecule has 140 valence electrons. The Morgan fingerprint density at radius 3 is 2.56 bits per heavy atom. The van der Waals surface area contributed by atoms with Gasteiger partial charge in [-0.1, -0.05) is 17.8 Å². The van der Waals surface area contributed by atoms with Crippen molar-refractivity contribution < 1.29 is 13.6 Å². The highest BCUT2D eigenvalue weighted by atomic mass is 32.2. The van der Waals surface area contributed by atoms with E-state index >= 15 is 0 Å². The van der Waals surface area contributed by atoms with Crippen LogP contribution in [0.4, 0.5) is 14.5 Å². The minimum atomic E-state index is -0.554. The zero-order valence-corrected chi connectivity index (χ0v) is 15.4. The molecule has 1 aromatic heterocycles. The number of aryl methyl sites for hydroxylation is 1. The number of halogens is 2. The summed E-state index contributed by atoms with van der Waals surface area (Å²) in [6.45, 7) is 3.32. The molecule has 3 N–H and O–H groups in total. The van der Waals surface area contributed by atoms with Gasteiger partial charge in [0.1, 0.15) is 11.6 Å². The van der Waals surface area contributed by atoms with Crippen LogP contribution in [0.1, 0.15) is 12.5 Å². The van der Waals surface area contributed by atoms with Gasteiger partial charge in [0, 0.05) is 11.3 Å². The van der Waals surface area contributed by atoms with Gasteiger partial charge in [0.15, 0.2) is 5.82 Å². The van der Waals surface area contributed by atoms with Crippen LogP contribution in [0.5, 0.6) is 0 Å². The molecule has 0 unspecified atom stereocenters. The first-order valence-corrected chi connectivity index (χ1v) is 8.93. The molecular weight excluding hydrogens is 372 g/mol. The molecule has 0 saturated heterocycles. The van der Waals surface area contributed by atoms with E-state index in [4.69, 9.17) is 5.84 Å². The van der Waals surface area contributed by atoms with Gasteiger partial charge in [-0.3, -0.25) is 4.79 Å². The van der Waals surface area contributed by atoms with Gasteiger partial charge in [-0.2, -0.15) is 0 Å². The van der Waals surface area contributed by atoms with E-state index in [1.807, 2.05) is 0 Å². The average molecular weight is 389 g/mol. The van der Waals surface area contributed by atoms with E-state index in [0.29, 0.717) is 27.8 Å². The molecule has 0 saturated carbocycles. The first kappa shape index (κ1) is 18.8. The molecule has 1 amide bonds. The van der Waals surface area contributed by atoms with E-state index in [0.717, 1.165) is 11.8 Å². The van der Waals surface area contributed by atoms with Crippen LogP contribution in [0.15, 0.2) is 47.6 Å². The lowest BCUT2D eigenvalue weighted by atomic mass is 10.2. The Hall–Kier alpha value is -2.94. The third-order valence-electron chi connectivity index (χ3n) is 3.86. The maximum absolute atomic E-state index is 13.6. The fourth-order valence-electron chi connectivity index (χ4n) is 2.28. The number of hydrogen-bond donors (Lipinski definition) is 2. The third kappa shape index (κ3) is 4.25. The van der Waals surface area contributed by atoms with Gasteiger partial charge in [0.2, 0.25) is 11.1 Å². The van der Waals surface area contributed by atoms with Crippen molar-refractivity contribution in [2.24, 2.45) is 0 Å². The number of carbonyl (C=O) groups is 1. The van der Waals surface area contributed by atoms with Crippen molar-refractivity contribution in [3.63, 3.8) is 0 Å². The maximum Gasteiger partial charge on any atom is 0.237 e. The predicted molar refractivity (Wildman–Crippen MR) is 101 cm³/mol. The number of nitrogens with two attached hydrogens (primary N) is 1. The van der Waals surface area contributed by atoms with Gasteiger partial charge < -0.3 is 11.2 Å². The second-order valence-electron chi connectivity index (χ2n) is 5.90. The Labute approximate surface area is 158 Å². The Bertz CT molecular complexity index is 974. The zero-order chi connectivity index (χ0) is 19.6. The number of nitrogens with one attached hydrogen (secondary N) is 1. The Morgan fingerprint density at radius 2 is 1.89 bits per heavy atom. The van der Waals surface area contributed by atoms with Crippen molar-refractivity contribution in [1.29, 1.82) is 0 Å². The molecule has 0 radical (unpaired) electrons. The summed E-state index contributed by atoms with van der Waals surface area (Å²) in [4.78, 5) is 12.3. The van der Waals surface area contributed by atoms with Crippen molar-refractivity contribution in [2.75, 3.05) is 11.2 Å². The summed E-state index contributed by atoms with van der Waals surface area (Å²) in [6, 6.07) is 10.2. The fourth-order valence-corrected chi connectivity index (χ4v) is 3.05. The zero-order valence-electron chi connectivity index (χ0n) is 14.6. The lowest BCUT2D eigenvalue weighted by Gasteiger charge is -2.12. The average Bonchev–Trinajstić information content (AvgIpc) is 2.99. The van der Waals surface area contributed by atoms with Gasteiger partial charge in [-0.05, 0) is 55.8 Å². The first-order valence-electron chi connectivity index (χ1n) is 8.05. The van der Waals surface area contributed by atoms with Crippen molar-refractivity contribution in [1.82, 2.24) is 14.9 Å². The molecule has 0 bridgehead atoms. The molecule has 3 rings (SSSR count). The number of nitrogen functional groups attached to an aromatic ring is 1. The molecular formula is C18H17F2N5OS. The molecule has 9 heteroatoms. The number of amides is 1. The largest absolute Gasteiger partial charge is 0.335 e. The van der Waals surface area contributed by atoms with E-state index in [1.165, 1.54) is 22.9 Å². The smallest absolute Gasteiger partial charge is 0.237 e. The van der Waals surface area contributed by atoms with Crippen LogP contribution in [0, 0.1) is 18.6 Å². The van der Waals surface area contributed by atoms with Crippen LogP contribution in [0.2, 0.25) is 0 Å². The first-order chi connectivity index (χ1) is 12.8. The van der Waals surface area contributed by atoms with E-state index < -0.39 is 11.1 Å². The minimum absolute atomic E-state index is 0.324. The molecule has 6 nitrogen and oxygen atoms in total. The molecule has 1 atom stereocenters. The summed E-state index contributed by atoms with van der Waals surface area (Å²) in [5.41, 5.74) is 1.47. The SMILES string of the molecule is Cc1ccc(NC(=O)[C@H](C)Sc2nnc(-c3ccc(F)cc3)n2N)cc1F. The number of anilines is 1. The highest BCUT2D eigenvalue weighted by Crippen LogP contribution is 2.25. The van der Waals surface area contributed by atoms with Crippen LogP contribution in [-0.2, 0) is 4.79 Å². The standard InChI is InChI=1S/C18H17F2N5OS/c1-10-3-8-14(9-15(10)20)22-17(26)11(2)27-18-24-23-16(25(18)21)12-4-6-13(19)7-5-12/h3-9,11H,21H2,1-2H3,(H,22,26)/t11-/m0/s1. The van der Waals surface area contributed by atoms with Crippen LogP contribution in [-0.4, -0.2) is 26.0 Å². The lowest BCUT2D eigenvalue weighted by Crippen LogP contribution is -2.23. The van der Waals surface area contributed by atoms with Crippen molar-refractivity contribution >= 4 is 23.4 Å². The summed E-state index contributed by atoms with van der Waals surface area (Å²) in [5, 5.41) is 10.4. The Kier molecular flexibility index (Phi) is 5.41. The van der Waals surface area contributed by atoms with Gasteiger partial charge in [-0.25, -0.2) is 13.5 Å². The summed E-state index contributed by atoms with van der Waals surface area (Å²) in [5.74, 6) is 5.28. The molecule has 2 aromatic carbocycles. The van der Waals surface area contributed by atoms with Crippen LogP contribution in [0.3, 0.4) is 0 Å². The van der Waals surface area contributed by atoms with E-state index in [-0.39, 0.29) is 11.7 Å². The molecule has 0 aliphatic heterocycles. The highest BCUT2D eigenvalue weighted by Gasteiger charge is 2.20. The molecule has 0 aliphatic carbocycles. The normalized spacial score (nSPS) is 12.0. The van der Waals surface area contributed by atoms with Gasteiger partial charge in [0.05, 0.1) is 5.25 Å². The molecule has 0 aliphatic rings. The monoisotopic (exact) mass is 389 g/mol. The van der Waals surface area contributed by atoms with Crippen molar-refractivity contribution in [3.8, 4) is 11.4 Å². The van der Waals surface area contributed by atoms with E-state index in [2.05, 4.69) is 15.5 Å². The van der Waals surface area contributed by atoms with E-state index in [9.17, 15) is 13.6 Å². The van der Waals surface area contributed by atoms with Crippen LogP contribution >= 0.6 is 11.8 Å². The maximum atomic E-state index is 13.6. The number of hydrogen-bond acceptors (Lipinski definition) is 5. The third-order valence-corrected chi connectivity index (χ3v) is 4.91. The van der Waals surface area contributed by atoms with E-state index in [1.54, 1.807) is 38.1 Å². The van der Waals surface area contributed by atoms with Crippen molar-refractivity contribution in [2.45, 2.75) is 24.3 Å². The van der Waals surface area contributed by atoms with Crippen molar-refractivity contribution in [3.05, 3.63) is 59.7 Å². The molecule has 27 heavy (non-hydrogen) atoms. The number of aromatic nitrogens is 3. The fraction of sp³-hybridized carbons (Fsp3) is 0.167. The topological polar surface area (TPSA) is 85.8 Å². The summed E-state index contributed by atoms with van der Waals surface area (Å²) in [7, 11) is 0. The molecule has 1 heterocycles. The second kappa shape index (κ2) is 7.75. The highest BCUT2D eigenvalue weighted by molar-refractivity contribution is 8.00. The quantitative estimate of drug-likeness (QED) is 0.516. The van der Waals surface area contributed by atoms with Gasteiger partial charge in [0.25, 0.3) is 0 Å². The van der Waals surface area contributed by atoms with Gasteiger partial charge >= 0.3 is 0 Å². The number of benzene rings is 2. The summed E-state index contributed by atoms with van der Waals surface area (Å²) in [6.07, 6.45) is 0. The number of thioether (sulfide) groups is 1. The number of nitrogens with zero attached hydrogens (tertiary/aromatic N) is 3.